The van der Waals surface area contributed by atoms with Gasteiger partial charge in [-0.05, 0) is 26.8 Å². The highest BCUT2D eigenvalue weighted by atomic mass is 16.5. The van der Waals surface area contributed by atoms with Gasteiger partial charge in [-0.25, -0.2) is 4.98 Å². The van der Waals surface area contributed by atoms with Crippen LogP contribution in [-0.2, 0) is 11.3 Å². The molecule has 1 aromatic rings. The lowest BCUT2D eigenvalue weighted by molar-refractivity contribution is -0.0168. The highest BCUT2D eigenvalue weighted by molar-refractivity contribution is 5.15. The predicted molar refractivity (Wildman–Crippen MR) is 63.3 cm³/mol. The summed E-state index contributed by atoms with van der Waals surface area (Å²) in [6.45, 7) is 7.52. The lowest BCUT2D eigenvalue weighted by Gasteiger charge is -2.19. The van der Waals surface area contributed by atoms with Crippen LogP contribution in [0.4, 0.5) is 0 Å². The normalized spacial score (nSPS) is 11.5. The van der Waals surface area contributed by atoms with E-state index in [1.165, 1.54) is 0 Å². The third-order valence-corrected chi connectivity index (χ3v) is 1.86. The molecule has 0 saturated carbocycles. The number of hydrogen-bond acceptors (Lipinski definition) is 4. The van der Waals surface area contributed by atoms with Crippen LogP contribution in [0, 0.1) is 0 Å². The zero-order chi connectivity index (χ0) is 12.0. The van der Waals surface area contributed by atoms with Gasteiger partial charge in [0.25, 0.3) is 0 Å². The predicted octanol–water partition coefficient (Wildman–Crippen LogP) is 1.73. The van der Waals surface area contributed by atoms with Gasteiger partial charge in [-0.15, -0.1) is 0 Å². The molecule has 4 heteroatoms. The molecule has 0 aliphatic heterocycles. The Morgan fingerprint density at radius 1 is 1.25 bits per heavy atom. The molecule has 0 amide bonds. The van der Waals surface area contributed by atoms with Gasteiger partial charge in [0.2, 0.25) is 5.88 Å². The summed E-state index contributed by atoms with van der Waals surface area (Å²) in [5.41, 5.74) is 6.19. The molecule has 0 saturated heterocycles. The molecule has 0 aromatic carbocycles. The molecular formula is C12H20N2O2. The number of ether oxygens (including phenoxy) is 2. The van der Waals surface area contributed by atoms with E-state index < -0.39 is 0 Å². The molecule has 1 aromatic heterocycles. The van der Waals surface area contributed by atoms with Crippen molar-refractivity contribution >= 4 is 0 Å². The molecule has 0 fully saturated rings. The van der Waals surface area contributed by atoms with Gasteiger partial charge < -0.3 is 15.2 Å². The van der Waals surface area contributed by atoms with Crippen molar-refractivity contribution in [3.63, 3.8) is 0 Å². The zero-order valence-electron chi connectivity index (χ0n) is 10.2. The van der Waals surface area contributed by atoms with Crippen LogP contribution >= 0.6 is 0 Å². The number of pyridine rings is 1. The smallest absolute Gasteiger partial charge is 0.213 e. The first kappa shape index (κ1) is 12.9. The van der Waals surface area contributed by atoms with Gasteiger partial charge >= 0.3 is 0 Å². The molecule has 0 atom stereocenters. The fraction of sp³-hybridized carbons (Fsp3) is 0.583. The average molecular weight is 224 g/mol. The lowest BCUT2D eigenvalue weighted by Crippen LogP contribution is -2.22. The monoisotopic (exact) mass is 224 g/mol. The van der Waals surface area contributed by atoms with Crippen molar-refractivity contribution in [2.24, 2.45) is 5.73 Å². The lowest BCUT2D eigenvalue weighted by atomic mass is 10.2. The second-order valence-electron chi connectivity index (χ2n) is 4.48. The Balaban J connectivity index is 2.32. The van der Waals surface area contributed by atoms with Crippen molar-refractivity contribution in [3.8, 4) is 5.88 Å². The van der Waals surface area contributed by atoms with Crippen LogP contribution in [0.15, 0.2) is 18.2 Å². The summed E-state index contributed by atoms with van der Waals surface area (Å²) in [6, 6.07) is 5.57. The van der Waals surface area contributed by atoms with E-state index in [0.29, 0.717) is 25.6 Å². The minimum absolute atomic E-state index is 0.129. The Kier molecular flexibility index (Phi) is 4.71. The maximum absolute atomic E-state index is 5.53. The van der Waals surface area contributed by atoms with E-state index in [-0.39, 0.29) is 5.60 Å². The van der Waals surface area contributed by atoms with Crippen LogP contribution in [0.25, 0.3) is 0 Å². The Morgan fingerprint density at radius 2 is 2.00 bits per heavy atom. The van der Waals surface area contributed by atoms with Crippen molar-refractivity contribution in [2.45, 2.75) is 32.9 Å². The number of rotatable bonds is 5. The first-order chi connectivity index (χ1) is 7.51. The molecule has 1 heterocycles. The summed E-state index contributed by atoms with van der Waals surface area (Å²) in [5, 5.41) is 0. The molecule has 0 radical (unpaired) electrons. The van der Waals surface area contributed by atoms with Crippen molar-refractivity contribution < 1.29 is 9.47 Å². The summed E-state index contributed by atoms with van der Waals surface area (Å²) >= 11 is 0. The summed E-state index contributed by atoms with van der Waals surface area (Å²) in [7, 11) is 0. The van der Waals surface area contributed by atoms with Gasteiger partial charge in [0, 0.05) is 12.6 Å². The molecule has 90 valence electrons. The maximum Gasteiger partial charge on any atom is 0.213 e. The van der Waals surface area contributed by atoms with E-state index in [9.17, 15) is 0 Å². The molecule has 2 N–H and O–H groups in total. The third kappa shape index (κ3) is 5.09. The van der Waals surface area contributed by atoms with Gasteiger partial charge in [-0.1, -0.05) is 6.07 Å². The fourth-order valence-electron chi connectivity index (χ4n) is 1.15. The molecule has 0 spiro atoms. The van der Waals surface area contributed by atoms with Crippen LogP contribution < -0.4 is 10.5 Å². The number of hydrogen-bond donors (Lipinski definition) is 1. The highest BCUT2D eigenvalue weighted by Crippen LogP contribution is 2.09. The standard InChI is InChI=1S/C12H20N2O2/c1-12(2,3)16-8-7-15-11-6-4-5-10(9-13)14-11/h4-6H,7-9,13H2,1-3H3. The molecule has 1 rings (SSSR count). The number of nitrogens with two attached hydrogens (primary N) is 1. The topological polar surface area (TPSA) is 57.4 Å². The Bertz CT molecular complexity index is 321. The van der Waals surface area contributed by atoms with Crippen molar-refractivity contribution in [3.05, 3.63) is 23.9 Å². The van der Waals surface area contributed by atoms with Crippen molar-refractivity contribution in [1.29, 1.82) is 0 Å². The van der Waals surface area contributed by atoms with E-state index >= 15 is 0 Å². The van der Waals surface area contributed by atoms with E-state index in [0.717, 1.165) is 5.69 Å². The molecule has 0 unspecified atom stereocenters. The first-order valence-corrected chi connectivity index (χ1v) is 5.44. The van der Waals surface area contributed by atoms with Crippen LogP contribution in [0.3, 0.4) is 0 Å². The third-order valence-electron chi connectivity index (χ3n) is 1.86. The van der Waals surface area contributed by atoms with Crippen molar-refractivity contribution in [1.82, 2.24) is 4.98 Å². The Morgan fingerprint density at radius 3 is 2.62 bits per heavy atom. The average Bonchev–Trinajstić information content (AvgIpc) is 2.23. The first-order valence-electron chi connectivity index (χ1n) is 5.44. The molecule has 0 aliphatic rings. The van der Waals surface area contributed by atoms with Gasteiger partial charge in [-0.2, -0.15) is 0 Å². The Labute approximate surface area is 96.8 Å². The molecular weight excluding hydrogens is 204 g/mol. The van der Waals surface area contributed by atoms with Crippen LogP contribution in [0.5, 0.6) is 5.88 Å². The summed E-state index contributed by atoms with van der Waals surface area (Å²) in [4.78, 5) is 4.22. The van der Waals surface area contributed by atoms with Crippen LogP contribution in [0.1, 0.15) is 26.5 Å². The highest BCUT2D eigenvalue weighted by Gasteiger charge is 2.09. The van der Waals surface area contributed by atoms with E-state index in [4.69, 9.17) is 15.2 Å². The summed E-state index contributed by atoms with van der Waals surface area (Å²) in [6.07, 6.45) is 0. The van der Waals surface area contributed by atoms with Gasteiger partial charge in [0.05, 0.1) is 17.9 Å². The summed E-state index contributed by atoms with van der Waals surface area (Å²) in [5.74, 6) is 0.598. The summed E-state index contributed by atoms with van der Waals surface area (Å²) < 4.78 is 11.0. The molecule has 4 nitrogen and oxygen atoms in total. The second kappa shape index (κ2) is 5.82. The molecule has 16 heavy (non-hydrogen) atoms. The van der Waals surface area contributed by atoms with E-state index in [2.05, 4.69) is 4.98 Å². The zero-order valence-corrected chi connectivity index (χ0v) is 10.2. The number of aromatic nitrogens is 1. The van der Waals surface area contributed by atoms with E-state index in [1.54, 1.807) is 0 Å². The SMILES string of the molecule is CC(C)(C)OCCOc1cccc(CN)n1. The number of nitrogens with zero attached hydrogens (tertiary/aromatic N) is 1. The minimum Gasteiger partial charge on any atom is -0.475 e. The second-order valence-corrected chi connectivity index (χ2v) is 4.48. The largest absolute Gasteiger partial charge is 0.475 e. The molecule has 0 aliphatic carbocycles. The van der Waals surface area contributed by atoms with Gasteiger partial charge in [0.1, 0.15) is 6.61 Å². The molecule has 0 bridgehead atoms. The Hall–Kier alpha value is -1.13. The van der Waals surface area contributed by atoms with Crippen molar-refractivity contribution in [2.75, 3.05) is 13.2 Å². The minimum atomic E-state index is -0.129. The van der Waals surface area contributed by atoms with Crippen LogP contribution in [-0.4, -0.2) is 23.8 Å². The fourth-order valence-corrected chi connectivity index (χ4v) is 1.15. The van der Waals surface area contributed by atoms with Gasteiger partial charge in [-0.3, -0.25) is 0 Å². The van der Waals surface area contributed by atoms with Crippen LogP contribution in [0.2, 0.25) is 0 Å². The quantitative estimate of drug-likeness (QED) is 0.774. The van der Waals surface area contributed by atoms with Gasteiger partial charge in [0.15, 0.2) is 0 Å². The van der Waals surface area contributed by atoms with E-state index in [1.807, 2.05) is 39.0 Å². The maximum atomic E-state index is 5.53.